The molecule has 0 spiro atoms. The van der Waals surface area contributed by atoms with Crippen LogP contribution in [0.1, 0.15) is 5.69 Å². The van der Waals surface area contributed by atoms with E-state index in [1.54, 1.807) is 0 Å². The van der Waals surface area contributed by atoms with Crippen LogP contribution in [0.5, 0.6) is 0 Å². The Morgan fingerprint density at radius 2 is 1.94 bits per heavy atom. The fourth-order valence-electron chi connectivity index (χ4n) is 2.08. The summed E-state index contributed by atoms with van der Waals surface area (Å²) in [5.41, 5.74) is 3.21. The Morgan fingerprint density at radius 3 is 2.72 bits per heavy atom. The van der Waals surface area contributed by atoms with E-state index in [-0.39, 0.29) is 0 Å². The van der Waals surface area contributed by atoms with Crippen molar-refractivity contribution >= 4 is 33.0 Å². The molecule has 0 unspecified atom stereocenters. The Morgan fingerprint density at radius 1 is 1.17 bits per heavy atom. The summed E-state index contributed by atoms with van der Waals surface area (Å²) in [6.45, 7) is 2.06. The zero-order valence-corrected chi connectivity index (χ0v) is 12.0. The lowest BCUT2D eigenvalue weighted by Gasteiger charge is -2.05. The molecule has 0 aliphatic rings. The van der Waals surface area contributed by atoms with Gasteiger partial charge in [-0.1, -0.05) is 29.8 Å². The number of aromatic nitrogens is 2. The number of pyridine rings is 1. The number of aryl methyl sites for hydroxylation is 1. The van der Waals surface area contributed by atoms with E-state index in [9.17, 15) is 0 Å². The molecule has 2 nitrogen and oxygen atoms in total. The number of fused-ring (bicyclic) bond motifs is 1. The van der Waals surface area contributed by atoms with Crippen molar-refractivity contribution < 1.29 is 0 Å². The summed E-state index contributed by atoms with van der Waals surface area (Å²) in [4.78, 5) is 4.58. The van der Waals surface area contributed by atoms with Gasteiger partial charge < -0.3 is 0 Å². The van der Waals surface area contributed by atoms with Crippen molar-refractivity contribution in [2.24, 2.45) is 0 Å². The van der Waals surface area contributed by atoms with E-state index >= 15 is 0 Å². The maximum absolute atomic E-state index is 6.04. The van der Waals surface area contributed by atoms with Crippen LogP contribution in [-0.4, -0.2) is 9.38 Å². The summed E-state index contributed by atoms with van der Waals surface area (Å²) in [6.07, 6.45) is 0. The van der Waals surface area contributed by atoms with Gasteiger partial charge in [-0.15, -0.1) is 0 Å². The van der Waals surface area contributed by atoms with Gasteiger partial charge in [0.25, 0.3) is 0 Å². The molecule has 0 radical (unpaired) electrons. The summed E-state index contributed by atoms with van der Waals surface area (Å²) >= 11 is 9.55. The molecule has 0 saturated carbocycles. The van der Waals surface area contributed by atoms with E-state index < -0.39 is 0 Å². The summed E-state index contributed by atoms with van der Waals surface area (Å²) in [5, 5.41) is 0.717. The van der Waals surface area contributed by atoms with Crippen molar-refractivity contribution in [2.75, 3.05) is 0 Å². The number of benzene rings is 1. The van der Waals surface area contributed by atoms with Gasteiger partial charge in [0, 0.05) is 16.3 Å². The van der Waals surface area contributed by atoms with Gasteiger partial charge >= 0.3 is 0 Å². The highest BCUT2D eigenvalue weighted by Crippen LogP contribution is 2.28. The number of imidazole rings is 1. The average molecular weight is 322 g/mol. The Kier molecular flexibility index (Phi) is 2.88. The standard InChI is InChI=1S/C14H10BrClN2/c1-9-4-2-7-12-13(15)17-14(18(9)12)10-5-3-6-11(16)8-10/h2-8H,1H3. The molecule has 2 aromatic heterocycles. The minimum absolute atomic E-state index is 0.717. The highest BCUT2D eigenvalue weighted by atomic mass is 79.9. The summed E-state index contributed by atoms with van der Waals surface area (Å²) in [6, 6.07) is 13.9. The third-order valence-corrected chi connectivity index (χ3v) is 3.71. The maximum atomic E-state index is 6.04. The van der Waals surface area contributed by atoms with Crippen LogP contribution >= 0.6 is 27.5 Å². The van der Waals surface area contributed by atoms with Crippen LogP contribution in [0, 0.1) is 6.92 Å². The molecule has 0 saturated heterocycles. The lowest BCUT2D eigenvalue weighted by atomic mass is 10.2. The zero-order valence-electron chi connectivity index (χ0n) is 9.69. The molecule has 2 heterocycles. The van der Waals surface area contributed by atoms with Gasteiger partial charge in [0.05, 0.1) is 5.52 Å². The number of hydrogen-bond acceptors (Lipinski definition) is 1. The molecule has 0 aliphatic carbocycles. The predicted molar refractivity (Wildman–Crippen MR) is 78.1 cm³/mol. The van der Waals surface area contributed by atoms with Crippen LogP contribution in [0.3, 0.4) is 0 Å². The SMILES string of the molecule is Cc1cccc2c(Br)nc(-c3cccc(Cl)c3)n12. The third kappa shape index (κ3) is 1.84. The van der Waals surface area contributed by atoms with E-state index in [1.807, 2.05) is 36.4 Å². The smallest absolute Gasteiger partial charge is 0.146 e. The van der Waals surface area contributed by atoms with Crippen molar-refractivity contribution in [2.45, 2.75) is 6.92 Å². The van der Waals surface area contributed by atoms with Crippen LogP contribution in [0.2, 0.25) is 5.02 Å². The normalized spacial score (nSPS) is 11.1. The second-order valence-electron chi connectivity index (χ2n) is 4.12. The largest absolute Gasteiger partial charge is 0.296 e. The van der Waals surface area contributed by atoms with Gasteiger partial charge in [-0.05, 0) is 47.1 Å². The fraction of sp³-hybridized carbons (Fsp3) is 0.0714. The monoisotopic (exact) mass is 320 g/mol. The van der Waals surface area contributed by atoms with E-state index in [0.717, 1.165) is 27.2 Å². The second kappa shape index (κ2) is 4.41. The topological polar surface area (TPSA) is 17.3 Å². The van der Waals surface area contributed by atoms with Gasteiger partial charge in [0.15, 0.2) is 0 Å². The third-order valence-electron chi connectivity index (χ3n) is 2.90. The Hall–Kier alpha value is -1.32. The summed E-state index contributed by atoms with van der Waals surface area (Å²) in [7, 11) is 0. The molecule has 3 rings (SSSR count). The molecular weight excluding hydrogens is 312 g/mol. The van der Waals surface area contributed by atoms with E-state index in [4.69, 9.17) is 11.6 Å². The lowest BCUT2D eigenvalue weighted by molar-refractivity contribution is 1.08. The molecule has 0 amide bonds. The van der Waals surface area contributed by atoms with Gasteiger partial charge in [-0.3, -0.25) is 4.40 Å². The fourth-order valence-corrected chi connectivity index (χ4v) is 2.75. The highest BCUT2D eigenvalue weighted by Gasteiger charge is 2.12. The quantitative estimate of drug-likeness (QED) is 0.633. The average Bonchev–Trinajstić information content (AvgIpc) is 2.69. The first-order valence-electron chi connectivity index (χ1n) is 5.56. The molecule has 18 heavy (non-hydrogen) atoms. The van der Waals surface area contributed by atoms with Crippen molar-refractivity contribution in [1.29, 1.82) is 0 Å². The lowest BCUT2D eigenvalue weighted by Crippen LogP contribution is -1.93. The van der Waals surface area contributed by atoms with Gasteiger partial charge in [-0.25, -0.2) is 4.98 Å². The predicted octanol–water partition coefficient (Wildman–Crippen LogP) is 4.73. The molecule has 90 valence electrons. The number of hydrogen-bond donors (Lipinski definition) is 0. The molecule has 4 heteroatoms. The van der Waals surface area contributed by atoms with E-state index in [2.05, 4.69) is 38.3 Å². The minimum Gasteiger partial charge on any atom is -0.296 e. The van der Waals surface area contributed by atoms with E-state index in [0.29, 0.717) is 5.02 Å². The Balaban J connectivity index is 2.36. The van der Waals surface area contributed by atoms with Crippen LogP contribution < -0.4 is 0 Å². The van der Waals surface area contributed by atoms with Crippen molar-refractivity contribution in [3.05, 3.63) is 57.8 Å². The Bertz CT molecular complexity index is 734. The van der Waals surface area contributed by atoms with E-state index in [1.165, 1.54) is 0 Å². The highest BCUT2D eigenvalue weighted by molar-refractivity contribution is 9.10. The molecule has 3 aromatic rings. The number of halogens is 2. The summed E-state index contributed by atoms with van der Waals surface area (Å²) in [5.74, 6) is 0.900. The van der Waals surface area contributed by atoms with Crippen molar-refractivity contribution in [3.63, 3.8) is 0 Å². The molecule has 0 N–H and O–H groups in total. The first kappa shape index (κ1) is 11.8. The minimum atomic E-state index is 0.717. The van der Waals surface area contributed by atoms with Gasteiger partial charge in [0.1, 0.15) is 10.4 Å². The molecule has 0 bridgehead atoms. The summed E-state index contributed by atoms with van der Waals surface area (Å²) < 4.78 is 2.97. The molecule has 1 aromatic carbocycles. The molecule has 0 atom stereocenters. The van der Waals surface area contributed by atoms with Crippen molar-refractivity contribution in [3.8, 4) is 11.4 Å². The van der Waals surface area contributed by atoms with Crippen LogP contribution in [0.15, 0.2) is 47.1 Å². The molecular formula is C14H10BrClN2. The number of rotatable bonds is 1. The maximum Gasteiger partial charge on any atom is 0.146 e. The molecule has 0 fully saturated rings. The van der Waals surface area contributed by atoms with Crippen LogP contribution in [-0.2, 0) is 0 Å². The zero-order chi connectivity index (χ0) is 12.7. The van der Waals surface area contributed by atoms with Crippen LogP contribution in [0.4, 0.5) is 0 Å². The Labute approximate surface area is 118 Å². The molecule has 0 aliphatic heterocycles. The van der Waals surface area contributed by atoms with Gasteiger partial charge in [0.2, 0.25) is 0 Å². The van der Waals surface area contributed by atoms with Gasteiger partial charge in [-0.2, -0.15) is 0 Å². The first-order valence-corrected chi connectivity index (χ1v) is 6.73. The second-order valence-corrected chi connectivity index (χ2v) is 5.31. The number of nitrogens with zero attached hydrogens (tertiary/aromatic N) is 2. The van der Waals surface area contributed by atoms with Crippen LogP contribution in [0.25, 0.3) is 16.9 Å². The van der Waals surface area contributed by atoms with Crippen molar-refractivity contribution in [1.82, 2.24) is 9.38 Å². The first-order chi connectivity index (χ1) is 8.66.